The van der Waals surface area contributed by atoms with Gasteiger partial charge >= 0.3 is 0 Å². The first kappa shape index (κ1) is 16.3. The number of aliphatic hydroxyl groups excluding tert-OH is 1. The van der Waals surface area contributed by atoms with Crippen molar-refractivity contribution in [1.82, 2.24) is 4.90 Å². The lowest BCUT2D eigenvalue weighted by molar-refractivity contribution is 0.0559. The van der Waals surface area contributed by atoms with Gasteiger partial charge < -0.3 is 14.7 Å². The summed E-state index contributed by atoms with van der Waals surface area (Å²) in [6.07, 6.45) is 2.06. The van der Waals surface area contributed by atoms with Crippen LogP contribution in [0.3, 0.4) is 0 Å². The molecule has 3 nitrogen and oxygen atoms in total. The van der Waals surface area contributed by atoms with Crippen LogP contribution in [-0.4, -0.2) is 42.4 Å². The van der Waals surface area contributed by atoms with E-state index in [1.807, 2.05) is 0 Å². The molecule has 0 unspecified atom stereocenters. The molecule has 0 bridgehead atoms. The number of β-amino-alcohol motifs (C(OH)–C–C–N with tert-alkyl or cyclic N) is 1. The molecule has 1 atom stereocenters. The molecule has 0 aliphatic carbocycles. The van der Waals surface area contributed by atoms with Gasteiger partial charge in [-0.05, 0) is 69.3 Å². The van der Waals surface area contributed by atoms with E-state index in [2.05, 4.69) is 44.7 Å². The summed E-state index contributed by atoms with van der Waals surface area (Å²) < 4.78 is 5.90. The zero-order valence-electron chi connectivity index (χ0n) is 13.9. The average molecular weight is 291 g/mol. The second-order valence-electron chi connectivity index (χ2n) is 6.60. The van der Waals surface area contributed by atoms with Gasteiger partial charge in [-0.15, -0.1) is 0 Å². The SMILES string of the molecule is Cc1ccc(C)c(OC[C@H](O)CN2CCC(C)CC2)c1C. The van der Waals surface area contributed by atoms with Gasteiger partial charge in [0.15, 0.2) is 0 Å². The molecule has 1 aliphatic rings. The van der Waals surface area contributed by atoms with Crippen molar-refractivity contribution in [3.05, 3.63) is 28.8 Å². The second kappa shape index (κ2) is 7.28. The lowest BCUT2D eigenvalue weighted by Gasteiger charge is -2.31. The molecule has 1 fully saturated rings. The first-order valence-electron chi connectivity index (χ1n) is 8.07. The minimum Gasteiger partial charge on any atom is -0.490 e. The van der Waals surface area contributed by atoms with Crippen LogP contribution in [0.4, 0.5) is 0 Å². The molecule has 0 radical (unpaired) electrons. The lowest BCUT2D eigenvalue weighted by Crippen LogP contribution is -2.40. The summed E-state index contributed by atoms with van der Waals surface area (Å²) in [6, 6.07) is 4.19. The number of piperidine rings is 1. The molecule has 1 aliphatic heterocycles. The zero-order valence-corrected chi connectivity index (χ0v) is 13.9. The number of likely N-dealkylation sites (tertiary alicyclic amines) is 1. The molecular formula is C18H29NO2. The molecule has 0 saturated carbocycles. The highest BCUT2D eigenvalue weighted by atomic mass is 16.5. The fourth-order valence-electron chi connectivity index (χ4n) is 2.92. The standard InChI is InChI=1S/C18H29NO2/c1-13-7-9-19(10-8-13)11-17(20)12-21-18-15(3)6-5-14(2)16(18)4/h5-6,13,17,20H,7-12H2,1-4H3/t17-/m1/s1. The van der Waals surface area contributed by atoms with Crippen LogP contribution >= 0.6 is 0 Å². The van der Waals surface area contributed by atoms with Crippen LogP contribution in [0.5, 0.6) is 5.75 Å². The molecule has 1 aromatic carbocycles. The van der Waals surface area contributed by atoms with Gasteiger partial charge in [-0.1, -0.05) is 19.1 Å². The van der Waals surface area contributed by atoms with Crippen molar-refractivity contribution in [2.75, 3.05) is 26.2 Å². The van der Waals surface area contributed by atoms with Gasteiger partial charge in [0.1, 0.15) is 18.5 Å². The van der Waals surface area contributed by atoms with Gasteiger partial charge in [-0.3, -0.25) is 0 Å². The summed E-state index contributed by atoms with van der Waals surface area (Å²) in [5.74, 6) is 1.76. The van der Waals surface area contributed by atoms with Gasteiger partial charge in [-0.25, -0.2) is 0 Å². The topological polar surface area (TPSA) is 32.7 Å². The number of aliphatic hydroxyl groups is 1. The van der Waals surface area contributed by atoms with Crippen molar-refractivity contribution < 1.29 is 9.84 Å². The van der Waals surface area contributed by atoms with Crippen molar-refractivity contribution >= 4 is 0 Å². The predicted molar refractivity (Wildman–Crippen MR) is 87.0 cm³/mol. The van der Waals surface area contributed by atoms with Gasteiger partial charge in [-0.2, -0.15) is 0 Å². The predicted octanol–water partition coefficient (Wildman–Crippen LogP) is 3.08. The smallest absolute Gasteiger partial charge is 0.125 e. The number of rotatable bonds is 5. The monoisotopic (exact) mass is 291 g/mol. The molecule has 1 N–H and O–H groups in total. The maximum Gasteiger partial charge on any atom is 0.125 e. The maximum atomic E-state index is 10.2. The van der Waals surface area contributed by atoms with Crippen molar-refractivity contribution in [2.24, 2.45) is 5.92 Å². The third kappa shape index (κ3) is 4.45. The molecule has 3 heteroatoms. The number of hydrogen-bond donors (Lipinski definition) is 1. The van der Waals surface area contributed by atoms with Crippen LogP contribution in [0.2, 0.25) is 0 Å². The molecule has 118 valence electrons. The first-order chi connectivity index (χ1) is 9.97. The summed E-state index contributed by atoms with van der Waals surface area (Å²) in [4.78, 5) is 2.35. The first-order valence-corrected chi connectivity index (χ1v) is 8.07. The fourth-order valence-corrected chi connectivity index (χ4v) is 2.92. The largest absolute Gasteiger partial charge is 0.490 e. The average Bonchev–Trinajstić information content (AvgIpc) is 2.45. The van der Waals surface area contributed by atoms with E-state index in [0.29, 0.717) is 6.61 Å². The van der Waals surface area contributed by atoms with E-state index in [1.54, 1.807) is 0 Å². The Bertz CT molecular complexity index is 465. The van der Waals surface area contributed by atoms with Crippen molar-refractivity contribution in [1.29, 1.82) is 0 Å². The fraction of sp³-hybridized carbons (Fsp3) is 0.667. The molecule has 21 heavy (non-hydrogen) atoms. The van der Waals surface area contributed by atoms with Crippen molar-refractivity contribution in [2.45, 2.75) is 46.6 Å². The van der Waals surface area contributed by atoms with Crippen molar-refractivity contribution in [3.8, 4) is 5.75 Å². The highest BCUT2D eigenvalue weighted by Crippen LogP contribution is 2.26. The van der Waals surface area contributed by atoms with Crippen molar-refractivity contribution in [3.63, 3.8) is 0 Å². The number of aryl methyl sites for hydroxylation is 2. The number of benzene rings is 1. The van der Waals surface area contributed by atoms with Gasteiger partial charge in [0.25, 0.3) is 0 Å². The van der Waals surface area contributed by atoms with Crippen LogP contribution in [0.25, 0.3) is 0 Å². The Labute approximate surface area is 128 Å². The van der Waals surface area contributed by atoms with E-state index in [1.165, 1.54) is 24.0 Å². The Balaban J connectivity index is 1.84. The molecule has 1 heterocycles. The van der Waals surface area contributed by atoms with E-state index >= 15 is 0 Å². The minimum absolute atomic E-state index is 0.372. The van der Waals surface area contributed by atoms with Crippen LogP contribution in [0, 0.1) is 26.7 Å². The Morgan fingerprint density at radius 1 is 1.19 bits per heavy atom. The second-order valence-corrected chi connectivity index (χ2v) is 6.60. The number of hydrogen-bond acceptors (Lipinski definition) is 3. The summed E-state index contributed by atoms with van der Waals surface area (Å²) in [5, 5.41) is 10.2. The molecule has 0 spiro atoms. The van der Waals surface area contributed by atoms with Gasteiger partial charge in [0, 0.05) is 6.54 Å². The Kier molecular flexibility index (Phi) is 5.65. The zero-order chi connectivity index (χ0) is 15.4. The summed E-state index contributed by atoms with van der Waals surface area (Å²) in [6.45, 7) is 11.8. The molecule has 0 aromatic heterocycles. The Morgan fingerprint density at radius 2 is 1.81 bits per heavy atom. The molecule has 1 saturated heterocycles. The number of ether oxygens (including phenoxy) is 1. The van der Waals surface area contributed by atoms with Gasteiger partial charge in [0.05, 0.1) is 0 Å². The normalized spacial score (nSPS) is 18.7. The Morgan fingerprint density at radius 3 is 2.48 bits per heavy atom. The van der Waals surface area contributed by atoms with Crippen LogP contribution in [-0.2, 0) is 0 Å². The lowest BCUT2D eigenvalue weighted by atomic mass is 9.99. The molecule has 1 aromatic rings. The van der Waals surface area contributed by atoms with E-state index in [9.17, 15) is 5.11 Å². The van der Waals surface area contributed by atoms with Gasteiger partial charge in [0.2, 0.25) is 0 Å². The molecular weight excluding hydrogens is 262 g/mol. The molecule has 0 amide bonds. The third-order valence-electron chi connectivity index (χ3n) is 4.64. The van der Waals surface area contributed by atoms with Crippen LogP contribution in [0.15, 0.2) is 12.1 Å². The summed E-state index contributed by atoms with van der Waals surface area (Å²) in [5.41, 5.74) is 3.54. The third-order valence-corrected chi connectivity index (χ3v) is 4.64. The number of nitrogens with zero attached hydrogens (tertiary/aromatic N) is 1. The maximum absolute atomic E-state index is 10.2. The van der Waals surface area contributed by atoms with E-state index in [-0.39, 0.29) is 0 Å². The minimum atomic E-state index is -0.419. The van der Waals surface area contributed by atoms with Crippen LogP contribution in [0.1, 0.15) is 36.5 Å². The Hall–Kier alpha value is -1.06. The summed E-state index contributed by atoms with van der Waals surface area (Å²) in [7, 11) is 0. The quantitative estimate of drug-likeness (QED) is 0.905. The van der Waals surface area contributed by atoms with E-state index in [0.717, 1.165) is 36.9 Å². The van der Waals surface area contributed by atoms with Crippen LogP contribution < -0.4 is 4.74 Å². The van der Waals surface area contributed by atoms with E-state index in [4.69, 9.17) is 4.74 Å². The van der Waals surface area contributed by atoms with E-state index < -0.39 is 6.10 Å². The summed E-state index contributed by atoms with van der Waals surface area (Å²) >= 11 is 0. The molecule has 2 rings (SSSR count). The highest BCUT2D eigenvalue weighted by Gasteiger charge is 2.19. The highest BCUT2D eigenvalue weighted by molar-refractivity contribution is 5.44.